The molecule has 0 saturated carbocycles. The average Bonchev–Trinajstić information content (AvgIpc) is 3.10. The van der Waals surface area contributed by atoms with Crippen molar-refractivity contribution in [1.82, 2.24) is 14.8 Å². The molecule has 0 spiro atoms. The minimum atomic E-state index is -4.60. The monoisotopic (exact) mass is 327 g/mol. The Labute approximate surface area is 125 Å². The van der Waals surface area contributed by atoms with Crippen molar-refractivity contribution < 1.29 is 17.6 Å². The molecule has 3 rings (SSSR count). The Kier molecular flexibility index (Phi) is 3.57. The maximum absolute atomic E-state index is 12.6. The van der Waals surface area contributed by atoms with Crippen molar-refractivity contribution in [3.05, 3.63) is 57.8 Å². The van der Waals surface area contributed by atoms with Gasteiger partial charge in [0.05, 0.1) is 18.5 Å². The normalized spacial score (nSPS) is 11.8. The highest BCUT2D eigenvalue weighted by molar-refractivity contribution is 7.13. The van der Waals surface area contributed by atoms with Gasteiger partial charge in [0.25, 0.3) is 5.56 Å². The molecule has 114 valence electrons. The Bertz CT molecular complexity index is 837. The first-order valence-electron chi connectivity index (χ1n) is 6.06. The summed E-state index contributed by atoms with van der Waals surface area (Å²) in [6.07, 6.45) is -1.59. The lowest BCUT2D eigenvalue weighted by Crippen LogP contribution is -2.26. The molecular weight excluding hydrogens is 319 g/mol. The SMILES string of the molecule is O=c1ccc(C(F)(F)F)nn1Cc1csc(-c2ccoc2)n1. The predicted octanol–water partition coefficient (Wildman–Crippen LogP) is 3.03. The third-order valence-corrected chi connectivity index (χ3v) is 3.73. The van der Waals surface area contributed by atoms with Crippen LogP contribution in [0.25, 0.3) is 10.6 Å². The zero-order chi connectivity index (χ0) is 15.7. The molecule has 3 aromatic rings. The molecule has 0 radical (unpaired) electrons. The second kappa shape index (κ2) is 5.41. The van der Waals surface area contributed by atoms with Gasteiger partial charge in [-0.05, 0) is 12.1 Å². The van der Waals surface area contributed by atoms with Crippen LogP contribution in [0.2, 0.25) is 0 Å². The summed E-state index contributed by atoms with van der Waals surface area (Å²) in [4.78, 5) is 15.9. The summed E-state index contributed by atoms with van der Waals surface area (Å²) in [5, 5.41) is 5.66. The number of aromatic nitrogens is 3. The van der Waals surface area contributed by atoms with Crippen LogP contribution in [0.5, 0.6) is 0 Å². The number of hydrogen-bond acceptors (Lipinski definition) is 5. The number of thiazole rings is 1. The summed E-state index contributed by atoms with van der Waals surface area (Å²) in [5.74, 6) is 0. The fraction of sp³-hybridized carbons (Fsp3) is 0.154. The van der Waals surface area contributed by atoms with Gasteiger partial charge >= 0.3 is 6.18 Å². The van der Waals surface area contributed by atoms with Crippen molar-refractivity contribution in [2.75, 3.05) is 0 Å². The third kappa shape index (κ3) is 2.93. The van der Waals surface area contributed by atoms with Crippen molar-refractivity contribution in [3.8, 4) is 10.6 Å². The highest BCUT2D eigenvalue weighted by Crippen LogP contribution is 2.27. The number of hydrogen-bond donors (Lipinski definition) is 0. The minimum Gasteiger partial charge on any atom is -0.472 e. The van der Waals surface area contributed by atoms with E-state index in [0.717, 1.165) is 16.3 Å². The molecule has 0 aromatic carbocycles. The molecule has 9 heteroatoms. The van der Waals surface area contributed by atoms with Gasteiger partial charge in [0.15, 0.2) is 5.69 Å². The summed E-state index contributed by atoms with van der Waals surface area (Å²) in [7, 11) is 0. The lowest BCUT2D eigenvalue weighted by Gasteiger charge is -2.08. The Morgan fingerprint density at radius 3 is 2.77 bits per heavy atom. The van der Waals surface area contributed by atoms with Gasteiger partial charge in [-0.25, -0.2) is 9.67 Å². The van der Waals surface area contributed by atoms with Gasteiger partial charge < -0.3 is 4.42 Å². The van der Waals surface area contributed by atoms with Crippen LogP contribution >= 0.6 is 11.3 Å². The van der Waals surface area contributed by atoms with E-state index in [-0.39, 0.29) is 6.54 Å². The second-order valence-corrected chi connectivity index (χ2v) is 5.23. The van der Waals surface area contributed by atoms with Crippen LogP contribution in [0.1, 0.15) is 11.4 Å². The Morgan fingerprint density at radius 1 is 1.27 bits per heavy atom. The molecule has 22 heavy (non-hydrogen) atoms. The molecule has 0 atom stereocenters. The molecule has 0 bridgehead atoms. The van der Waals surface area contributed by atoms with E-state index in [1.54, 1.807) is 11.4 Å². The first-order chi connectivity index (χ1) is 10.4. The summed E-state index contributed by atoms with van der Waals surface area (Å²) < 4.78 is 43.6. The van der Waals surface area contributed by atoms with E-state index in [4.69, 9.17) is 4.42 Å². The quantitative estimate of drug-likeness (QED) is 0.742. The van der Waals surface area contributed by atoms with Gasteiger partial charge in [0.1, 0.15) is 11.3 Å². The van der Waals surface area contributed by atoms with Gasteiger partial charge in [-0.1, -0.05) is 0 Å². The van der Waals surface area contributed by atoms with Crippen molar-refractivity contribution >= 4 is 11.3 Å². The van der Waals surface area contributed by atoms with Gasteiger partial charge in [-0.3, -0.25) is 4.79 Å². The van der Waals surface area contributed by atoms with Gasteiger partial charge in [-0.2, -0.15) is 18.3 Å². The number of alkyl halides is 3. The Balaban J connectivity index is 1.89. The Morgan fingerprint density at radius 2 is 2.09 bits per heavy atom. The minimum absolute atomic E-state index is 0.128. The topological polar surface area (TPSA) is 60.9 Å². The molecule has 0 N–H and O–H groups in total. The number of furan rings is 1. The lowest BCUT2D eigenvalue weighted by molar-refractivity contribution is -0.142. The summed E-state index contributed by atoms with van der Waals surface area (Å²) in [5.41, 5.74) is -0.515. The molecule has 0 aliphatic heterocycles. The van der Waals surface area contributed by atoms with Crippen molar-refractivity contribution in [1.29, 1.82) is 0 Å². The fourth-order valence-electron chi connectivity index (χ4n) is 1.77. The zero-order valence-corrected chi connectivity index (χ0v) is 11.7. The summed E-state index contributed by atoms with van der Waals surface area (Å²) in [6.45, 7) is -0.128. The van der Waals surface area contributed by atoms with Gasteiger partial charge in [-0.15, -0.1) is 11.3 Å². The van der Waals surface area contributed by atoms with Crippen LogP contribution in [-0.2, 0) is 12.7 Å². The van der Waals surface area contributed by atoms with Crippen LogP contribution < -0.4 is 5.56 Å². The average molecular weight is 327 g/mol. The van der Waals surface area contributed by atoms with Crippen LogP contribution in [0, 0.1) is 0 Å². The molecule has 0 saturated heterocycles. The molecular formula is C13H8F3N3O2S. The molecule has 3 heterocycles. The van der Waals surface area contributed by atoms with E-state index in [1.165, 1.54) is 23.9 Å². The van der Waals surface area contributed by atoms with E-state index >= 15 is 0 Å². The van der Waals surface area contributed by atoms with E-state index < -0.39 is 17.4 Å². The van der Waals surface area contributed by atoms with E-state index in [0.29, 0.717) is 16.8 Å². The predicted molar refractivity (Wildman–Crippen MR) is 72.4 cm³/mol. The highest BCUT2D eigenvalue weighted by atomic mass is 32.1. The smallest absolute Gasteiger partial charge is 0.435 e. The summed E-state index contributed by atoms with van der Waals surface area (Å²) in [6, 6.07) is 3.23. The van der Waals surface area contributed by atoms with Crippen LogP contribution in [0.4, 0.5) is 13.2 Å². The Hall–Kier alpha value is -2.42. The van der Waals surface area contributed by atoms with Crippen molar-refractivity contribution in [2.24, 2.45) is 0 Å². The molecule has 0 unspecified atom stereocenters. The van der Waals surface area contributed by atoms with Gasteiger partial charge in [0.2, 0.25) is 0 Å². The molecule has 5 nitrogen and oxygen atoms in total. The molecule has 0 aliphatic rings. The first-order valence-corrected chi connectivity index (χ1v) is 6.94. The largest absolute Gasteiger partial charge is 0.472 e. The third-order valence-electron chi connectivity index (χ3n) is 2.79. The van der Waals surface area contributed by atoms with E-state index in [1.807, 2.05) is 0 Å². The number of nitrogens with zero attached hydrogens (tertiary/aromatic N) is 3. The van der Waals surface area contributed by atoms with Crippen LogP contribution in [-0.4, -0.2) is 14.8 Å². The van der Waals surface area contributed by atoms with E-state index in [2.05, 4.69) is 10.1 Å². The summed E-state index contributed by atoms with van der Waals surface area (Å²) >= 11 is 1.31. The maximum atomic E-state index is 12.6. The van der Waals surface area contributed by atoms with Crippen LogP contribution in [0.3, 0.4) is 0 Å². The van der Waals surface area contributed by atoms with E-state index in [9.17, 15) is 18.0 Å². The number of halogens is 3. The molecule has 0 aliphatic carbocycles. The highest BCUT2D eigenvalue weighted by Gasteiger charge is 2.33. The molecule has 3 aromatic heterocycles. The fourth-order valence-corrected chi connectivity index (χ4v) is 2.56. The number of rotatable bonds is 3. The second-order valence-electron chi connectivity index (χ2n) is 4.37. The molecule has 0 fully saturated rings. The molecule has 0 amide bonds. The van der Waals surface area contributed by atoms with Crippen molar-refractivity contribution in [3.63, 3.8) is 0 Å². The van der Waals surface area contributed by atoms with Crippen molar-refractivity contribution in [2.45, 2.75) is 12.7 Å². The standard InChI is InChI=1S/C13H8F3N3O2S/c14-13(15,16)10-1-2-11(20)19(18-10)5-9-7-22-12(17-9)8-3-4-21-6-8/h1-4,6-7H,5H2. The lowest BCUT2D eigenvalue weighted by atomic mass is 10.3. The first kappa shape index (κ1) is 14.5. The van der Waals surface area contributed by atoms with Crippen LogP contribution in [0.15, 0.2) is 45.3 Å². The van der Waals surface area contributed by atoms with Gasteiger partial charge in [0, 0.05) is 17.0 Å². The maximum Gasteiger partial charge on any atom is 0.435 e. The zero-order valence-electron chi connectivity index (χ0n) is 10.9.